The molecule has 0 atom stereocenters. The molecule has 0 fully saturated rings. The van der Waals surface area contributed by atoms with Crippen LogP contribution in [0.1, 0.15) is 25.3 Å². The highest BCUT2D eigenvalue weighted by Gasteiger charge is 2.01. The molecule has 0 bridgehead atoms. The lowest BCUT2D eigenvalue weighted by Gasteiger charge is -2.05. The molecule has 0 spiro atoms. The number of rotatable bonds is 1. The monoisotopic (exact) mass is 176 g/mol. The molecule has 0 heterocycles. The Kier molecular flexibility index (Phi) is 5.42. The van der Waals surface area contributed by atoms with Crippen molar-refractivity contribution in [2.75, 3.05) is 0 Å². The number of aromatic hydroxyl groups is 1. The summed E-state index contributed by atoms with van der Waals surface area (Å²) in [5, 5.41) is 9.28. The predicted octanol–water partition coefficient (Wildman–Crippen LogP) is 3.47. The van der Waals surface area contributed by atoms with Gasteiger partial charge in [-0.1, -0.05) is 45.2 Å². The Hall–Kier alpha value is -1.46. The van der Waals surface area contributed by atoms with Crippen molar-refractivity contribution >= 4 is 0 Å². The Bertz CT molecular complexity index is 281. The molecule has 0 saturated carbocycles. The normalized spacial score (nSPS) is 8.54. The van der Waals surface area contributed by atoms with Crippen LogP contribution in [0.2, 0.25) is 0 Å². The Labute approximate surface area is 80.0 Å². The van der Waals surface area contributed by atoms with Crippen molar-refractivity contribution in [1.82, 2.24) is 0 Å². The van der Waals surface area contributed by atoms with Gasteiger partial charge in [-0.25, -0.2) is 0 Å². The van der Waals surface area contributed by atoms with E-state index in [-0.39, 0.29) is 0 Å². The van der Waals surface area contributed by atoms with E-state index in [0.29, 0.717) is 11.7 Å². The Morgan fingerprint density at radius 2 is 1.69 bits per heavy atom. The van der Waals surface area contributed by atoms with Crippen LogP contribution in [-0.4, -0.2) is 5.11 Å². The SMILES string of the molecule is C=C=C.CC(C)c1ccccc1O. The van der Waals surface area contributed by atoms with Crippen LogP contribution in [0.4, 0.5) is 0 Å². The van der Waals surface area contributed by atoms with Gasteiger partial charge in [0.2, 0.25) is 0 Å². The van der Waals surface area contributed by atoms with Crippen LogP contribution in [0.25, 0.3) is 0 Å². The lowest BCUT2D eigenvalue weighted by Crippen LogP contribution is -1.85. The van der Waals surface area contributed by atoms with Crippen LogP contribution in [0.15, 0.2) is 43.2 Å². The molecule has 0 aliphatic rings. The maximum atomic E-state index is 9.28. The van der Waals surface area contributed by atoms with Crippen molar-refractivity contribution in [3.05, 3.63) is 48.7 Å². The summed E-state index contributed by atoms with van der Waals surface area (Å²) in [7, 11) is 0. The van der Waals surface area contributed by atoms with Gasteiger partial charge in [0.25, 0.3) is 0 Å². The summed E-state index contributed by atoms with van der Waals surface area (Å²) < 4.78 is 0. The first kappa shape index (κ1) is 11.5. The summed E-state index contributed by atoms with van der Waals surface area (Å²) in [4.78, 5) is 0. The molecular weight excluding hydrogens is 160 g/mol. The number of para-hydroxylation sites is 1. The van der Waals surface area contributed by atoms with Gasteiger partial charge in [0.15, 0.2) is 0 Å². The van der Waals surface area contributed by atoms with Crippen molar-refractivity contribution in [2.24, 2.45) is 0 Å². The van der Waals surface area contributed by atoms with Crippen molar-refractivity contribution in [1.29, 1.82) is 0 Å². The lowest BCUT2D eigenvalue weighted by atomic mass is 10.0. The van der Waals surface area contributed by atoms with E-state index in [1.807, 2.05) is 18.2 Å². The number of phenolic OH excluding ortho intramolecular Hbond substituents is 1. The first-order valence-electron chi connectivity index (χ1n) is 4.20. The third-order valence-corrected chi connectivity index (χ3v) is 1.56. The largest absolute Gasteiger partial charge is 0.508 e. The fourth-order valence-corrected chi connectivity index (χ4v) is 0.976. The second-order valence-electron chi connectivity index (χ2n) is 2.96. The fraction of sp³-hybridized carbons (Fsp3) is 0.250. The molecule has 1 rings (SSSR count). The second-order valence-corrected chi connectivity index (χ2v) is 2.96. The molecule has 70 valence electrons. The van der Waals surface area contributed by atoms with E-state index in [2.05, 4.69) is 32.7 Å². The summed E-state index contributed by atoms with van der Waals surface area (Å²) in [6.45, 7) is 10.4. The summed E-state index contributed by atoms with van der Waals surface area (Å²) >= 11 is 0. The van der Waals surface area contributed by atoms with Crippen LogP contribution >= 0.6 is 0 Å². The van der Waals surface area contributed by atoms with Gasteiger partial charge in [-0.3, -0.25) is 0 Å². The van der Waals surface area contributed by atoms with Gasteiger partial charge in [-0.15, -0.1) is 5.73 Å². The van der Waals surface area contributed by atoms with Gasteiger partial charge < -0.3 is 5.11 Å². The molecule has 0 aliphatic heterocycles. The highest BCUT2D eigenvalue weighted by Crippen LogP contribution is 2.23. The Morgan fingerprint density at radius 1 is 1.23 bits per heavy atom. The van der Waals surface area contributed by atoms with Gasteiger partial charge in [-0.05, 0) is 17.5 Å². The smallest absolute Gasteiger partial charge is 0.119 e. The van der Waals surface area contributed by atoms with E-state index in [0.717, 1.165) is 5.56 Å². The van der Waals surface area contributed by atoms with Gasteiger partial charge in [0.05, 0.1) is 0 Å². The van der Waals surface area contributed by atoms with Crippen LogP contribution < -0.4 is 0 Å². The number of benzene rings is 1. The maximum Gasteiger partial charge on any atom is 0.119 e. The van der Waals surface area contributed by atoms with Gasteiger partial charge in [-0.2, -0.15) is 0 Å². The van der Waals surface area contributed by atoms with E-state index in [9.17, 15) is 5.11 Å². The molecule has 1 aromatic rings. The minimum absolute atomic E-state index is 0.400. The molecule has 1 N–H and O–H groups in total. The number of hydrogen-bond acceptors (Lipinski definition) is 1. The quantitative estimate of drug-likeness (QED) is 0.649. The molecular formula is C12H16O. The average Bonchev–Trinajstić information content (AvgIpc) is 2.06. The minimum atomic E-state index is 0.400. The lowest BCUT2D eigenvalue weighted by molar-refractivity contribution is 0.465. The third kappa shape index (κ3) is 4.19. The van der Waals surface area contributed by atoms with Crippen molar-refractivity contribution in [3.63, 3.8) is 0 Å². The fourth-order valence-electron chi connectivity index (χ4n) is 0.976. The van der Waals surface area contributed by atoms with Crippen molar-refractivity contribution in [2.45, 2.75) is 19.8 Å². The molecule has 1 nitrogen and oxygen atoms in total. The first-order chi connectivity index (χ1) is 6.13. The predicted molar refractivity (Wildman–Crippen MR) is 57.0 cm³/mol. The Balaban J connectivity index is 0.000000424. The molecule has 0 aliphatic carbocycles. The zero-order valence-corrected chi connectivity index (χ0v) is 8.25. The van der Waals surface area contributed by atoms with Gasteiger partial charge in [0.1, 0.15) is 5.75 Å². The van der Waals surface area contributed by atoms with Gasteiger partial charge in [0, 0.05) is 0 Å². The van der Waals surface area contributed by atoms with E-state index < -0.39 is 0 Å². The summed E-state index contributed by atoms with van der Waals surface area (Å²) in [5.41, 5.74) is 3.27. The highest BCUT2D eigenvalue weighted by molar-refractivity contribution is 5.33. The molecule has 1 heteroatoms. The highest BCUT2D eigenvalue weighted by atomic mass is 16.3. The molecule has 0 saturated heterocycles. The molecule has 0 unspecified atom stereocenters. The van der Waals surface area contributed by atoms with Crippen molar-refractivity contribution in [3.8, 4) is 5.75 Å². The third-order valence-electron chi connectivity index (χ3n) is 1.56. The summed E-state index contributed by atoms with van der Waals surface area (Å²) in [6, 6.07) is 7.44. The first-order valence-corrected chi connectivity index (χ1v) is 4.20. The van der Waals surface area contributed by atoms with E-state index >= 15 is 0 Å². The second kappa shape index (κ2) is 6.10. The summed E-state index contributed by atoms with van der Waals surface area (Å²) in [6.07, 6.45) is 0. The topological polar surface area (TPSA) is 20.2 Å². The van der Waals surface area contributed by atoms with Crippen LogP contribution in [0.3, 0.4) is 0 Å². The zero-order chi connectivity index (χ0) is 10.3. The minimum Gasteiger partial charge on any atom is -0.508 e. The zero-order valence-electron chi connectivity index (χ0n) is 8.25. The number of hydrogen-bond donors (Lipinski definition) is 1. The van der Waals surface area contributed by atoms with Crippen LogP contribution in [0, 0.1) is 0 Å². The van der Waals surface area contributed by atoms with Crippen LogP contribution in [0.5, 0.6) is 5.75 Å². The molecule has 0 radical (unpaired) electrons. The molecule has 13 heavy (non-hydrogen) atoms. The van der Waals surface area contributed by atoms with Crippen molar-refractivity contribution < 1.29 is 5.11 Å². The number of phenols is 1. The van der Waals surface area contributed by atoms with E-state index in [1.165, 1.54) is 0 Å². The molecule has 0 amide bonds. The maximum absolute atomic E-state index is 9.28. The summed E-state index contributed by atoms with van der Waals surface area (Å²) in [5.74, 6) is 0.804. The van der Waals surface area contributed by atoms with E-state index in [1.54, 1.807) is 6.07 Å². The van der Waals surface area contributed by atoms with Gasteiger partial charge >= 0.3 is 0 Å². The molecule has 1 aromatic carbocycles. The van der Waals surface area contributed by atoms with Crippen LogP contribution in [-0.2, 0) is 0 Å². The Morgan fingerprint density at radius 3 is 2.00 bits per heavy atom. The molecule has 0 aromatic heterocycles. The van der Waals surface area contributed by atoms with E-state index in [4.69, 9.17) is 0 Å². The average molecular weight is 176 g/mol. The standard InChI is InChI=1S/C9H12O.C3H4/c1-7(2)8-5-3-4-6-9(8)10;1-3-2/h3-7,10H,1-2H3;1-2H2.